The topological polar surface area (TPSA) is 75.5 Å². The second-order valence-electron chi connectivity index (χ2n) is 5.44. The van der Waals surface area contributed by atoms with E-state index in [0.29, 0.717) is 24.3 Å². The van der Waals surface area contributed by atoms with Crippen molar-refractivity contribution in [2.45, 2.75) is 6.42 Å². The number of nitro benzene ring substituents is 1. The van der Waals surface area contributed by atoms with Crippen molar-refractivity contribution in [2.75, 3.05) is 25.0 Å². The quantitative estimate of drug-likeness (QED) is 0.682. The first-order valence-corrected chi connectivity index (χ1v) is 8.46. The van der Waals surface area contributed by atoms with Gasteiger partial charge in [-0.3, -0.25) is 14.9 Å². The second-order valence-corrected chi connectivity index (χ2v) is 6.39. The number of amides is 1. The van der Waals surface area contributed by atoms with E-state index in [0.717, 1.165) is 6.42 Å². The van der Waals surface area contributed by atoms with Gasteiger partial charge in [-0.05, 0) is 35.6 Å². The lowest BCUT2D eigenvalue weighted by atomic mass is 10.0. The van der Waals surface area contributed by atoms with E-state index in [2.05, 4.69) is 17.5 Å². The van der Waals surface area contributed by atoms with Crippen LogP contribution in [0, 0.1) is 10.1 Å². The van der Waals surface area contributed by atoms with E-state index in [9.17, 15) is 14.9 Å². The molecule has 0 bridgehead atoms. The number of anilines is 1. The molecule has 1 amide bonds. The number of nitro groups is 1. The van der Waals surface area contributed by atoms with E-state index in [1.807, 2.05) is 16.3 Å². The van der Waals surface area contributed by atoms with Crippen LogP contribution in [0.15, 0.2) is 41.8 Å². The van der Waals surface area contributed by atoms with Gasteiger partial charge < -0.3 is 10.2 Å². The molecule has 0 atom stereocenters. The van der Waals surface area contributed by atoms with Gasteiger partial charge in [0.05, 0.1) is 4.92 Å². The molecule has 1 N–H and O–H groups in total. The normalized spacial score (nSPS) is 14.2. The van der Waals surface area contributed by atoms with Gasteiger partial charge in [0.25, 0.3) is 11.6 Å². The van der Waals surface area contributed by atoms with Crippen molar-refractivity contribution < 1.29 is 9.72 Å². The summed E-state index contributed by atoms with van der Waals surface area (Å²) in [5.74, 6) is -0.330. The molecule has 1 aromatic carbocycles. The van der Waals surface area contributed by atoms with Crippen LogP contribution < -0.4 is 10.2 Å². The van der Waals surface area contributed by atoms with Crippen LogP contribution in [0.1, 0.15) is 21.7 Å². The van der Waals surface area contributed by atoms with Crippen LogP contribution in [0.3, 0.4) is 0 Å². The Labute approximate surface area is 143 Å². The molecule has 6 nitrogen and oxygen atoms in total. The van der Waals surface area contributed by atoms with E-state index in [4.69, 9.17) is 0 Å². The van der Waals surface area contributed by atoms with Crippen LogP contribution >= 0.6 is 11.3 Å². The first-order chi connectivity index (χ1) is 11.6. The number of hydrogen-bond acceptors (Lipinski definition) is 5. The summed E-state index contributed by atoms with van der Waals surface area (Å²) < 4.78 is 0. The Kier molecular flexibility index (Phi) is 4.61. The van der Waals surface area contributed by atoms with E-state index in [-0.39, 0.29) is 11.6 Å². The zero-order valence-corrected chi connectivity index (χ0v) is 14.0. The van der Waals surface area contributed by atoms with Crippen LogP contribution in [-0.4, -0.2) is 31.0 Å². The molecule has 1 aliphatic heterocycles. The fourth-order valence-corrected chi connectivity index (χ4v) is 3.59. The molecule has 2 heterocycles. The number of benzene rings is 1. The number of hydrogen-bond donors (Lipinski definition) is 1. The Morgan fingerprint density at radius 3 is 2.79 bits per heavy atom. The third-order valence-corrected chi connectivity index (χ3v) is 4.99. The molecular formula is C17H17N3O3S. The smallest absolute Gasteiger partial charge is 0.293 e. The molecule has 1 aliphatic rings. The maximum absolute atomic E-state index is 11.7. The standard InChI is InChI=1S/C17H17N3O3S/c1-18-17(21)13-4-5-14(15(11-13)20(22)23)19-8-6-12(7-9-19)16-3-2-10-24-16/h2-6,10-11H,7-9H2,1H3,(H,18,21). The predicted molar refractivity (Wildman–Crippen MR) is 95.6 cm³/mol. The maximum Gasteiger partial charge on any atom is 0.293 e. The minimum atomic E-state index is -0.430. The van der Waals surface area contributed by atoms with Gasteiger partial charge in [-0.1, -0.05) is 12.1 Å². The van der Waals surface area contributed by atoms with Crippen LogP contribution in [0.2, 0.25) is 0 Å². The Morgan fingerprint density at radius 2 is 2.21 bits per heavy atom. The largest absolute Gasteiger partial charge is 0.362 e. The Hall–Kier alpha value is -2.67. The van der Waals surface area contributed by atoms with Gasteiger partial charge in [0.1, 0.15) is 5.69 Å². The highest BCUT2D eigenvalue weighted by molar-refractivity contribution is 7.11. The van der Waals surface area contributed by atoms with Crippen molar-refractivity contribution >= 4 is 34.2 Å². The monoisotopic (exact) mass is 343 g/mol. The molecule has 0 saturated carbocycles. The van der Waals surface area contributed by atoms with Gasteiger partial charge in [-0.2, -0.15) is 0 Å². The van der Waals surface area contributed by atoms with Crippen LogP contribution in [-0.2, 0) is 0 Å². The fraction of sp³-hybridized carbons (Fsp3) is 0.235. The summed E-state index contributed by atoms with van der Waals surface area (Å²) in [5.41, 5.74) is 2.09. The highest BCUT2D eigenvalue weighted by atomic mass is 32.1. The van der Waals surface area contributed by atoms with Crippen LogP contribution in [0.25, 0.3) is 5.57 Å². The minimum absolute atomic E-state index is 0.0379. The summed E-state index contributed by atoms with van der Waals surface area (Å²) in [6.45, 7) is 1.33. The van der Waals surface area contributed by atoms with Gasteiger partial charge >= 0.3 is 0 Å². The van der Waals surface area contributed by atoms with Gasteiger partial charge in [0, 0.05) is 36.6 Å². The number of rotatable bonds is 4. The summed E-state index contributed by atoms with van der Waals surface area (Å²) >= 11 is 1.70. The average Bonchev–Trinajstić information content (AvgIpc) is 3.15. The van der Waals surface area contributed by atoms with E-state index in [1.165, 1.54) is 23.6 Å². The molecule has 0 spiro atoms. The average molecular weight is 343 g/mol. The molecule has 0 aliphatic carbocycles. The maximum atomic E-state index is 11.7. The number of thiophene rings is 1. The summed E-state index contributed by atoms with van der Waals surface area (Å²) in [6, 6.07) is 8.74. The molecule has 0 fully saturated rings. The third kappa shape index (κ3) is 3.16. The van der Waals surface area contributed by atoms with Gasteiger partial charge in [0.2, 0.25) is 0 Å². The van der Waals surface area contributed by atoms with Crippen LogP contribution in [0.5, 0.6) is 0 Å². The molecule has 3 rings (SSSR count). The molecule has 2 aromatic rings. The number of carbonyl (C=O) groups excluding carboxylic acids is 1. The molecule has 124 valence electrons. The summed E-state index contributed by atoms with van der Waals surface area (Å²) in [4.78, 5) is 25.9. The second kappa shape index (κ2) is 6.84. The Morgan fingerprint density at radius 1 is 1.38 bits per heavy atom. The van der Waals surface area contributed by atoms with Gasteiger partial charge in [0.15, 0.2) is 0 Å². The zero-order chi connectivity index (χ0) is 17.1. The molecule has 0 radical (unpaired) electrons. The lowest BCUT2D eigenvalue weighted by molar-refractivity contribution is -0.384. The van der Waals surface area contributed by atoms with E-state index in [1.54, 1.807) is 23.5 Å². The molecular weight excluding hydrogens is 326 g/mol. The van der Waals surface area contributed by atoms with Crippen molar-refractivity contribution in [3.8, 4) is 0 Å². The number of nitrogens with zero attached hydrogens (tertiary/aromatic N) is 2. The minimum Gasteiger partial charge on any atom is -0.362 e. The van der Waals surface area contributed by atoms with Crippen molar-refractivity contribution in [3.63, 3.8) is 0 Å². The van der Waals surface area contributed by atoms with Gasteiger partial charge in [-0.15, -0.1) is 11.3 Å². The lowest BCUT2D eigenvalue weighted by Crippen LogP contribution is -2.29. The lowest BCUT2D eigenvalue weighted by Gasteiger charge is -2.28. The first kappa shape index (κ1) is 16.2. The Bertz CT molecular complexity index is 799. The summed E-state index contributed by atoms with van der Waals surface area (Å²) in [7, 11) is 1.50. The fourth-order valence-electron chi connectivity index (χ4n) is 2.80. The zero-order valence-electron chi connectivity index (χ0n) is 13.2. The van der Waals surface area contributed by atoms with E-state index >= 15 is 0 Å². The molecule has 7 heteroatoms. The highest BCUT2D eigenvalue weighted by Crippen LogP contribution is 2.33. The van der Waals surface area contributed by atoms with Crippen LogP contribution in [0.4, 0.5) is 11.4 Å². The van der Waals surface area contributed by atoms with Crippen molar-refractivity contribution in [3.05, 3.63) is 62.3 Å². The number of carbonyl (C=O) groups is 1. The molecule has 24 heavy (non-hydrogen) atoms. The van der Waals surface area contributed by atoms with Crippen molar-refractivity contribution in [1.29, 1.82) is 0 Å². The molecule has 1 aromatic heterocycles. The number of nitrogens with one attached hydrogen (secondary N) is 1. The summed E-state index contributed by atoms with van der Waals surface area (Å²) in [5, 5.41) is 15.9. The Balaban J connectivity index is 1.87. The van der Waals surface area contributed by atoms with Crippen molar-refractivity contribution in [1.82, 2.24) is 5.32 Å². The first-order valence-electron chi connectivity index (χ1n) is 7.58. The third-order valence-electron chi connectivity index (χ3n) is 4.05. The summed E-state index contributed by atoms with van der Waals surface area (Å²) in [6.07, 6.45) is 2.96. The predicted octanol–water partition coefficient (Wildman–Crippen LogP) is 3.31. The highest BCUT2D eigenvalue weighted by Gasteiger charge is 2.23. The molecule has 0 saturated heterocycles. The van der Waals surface area contributed by atoms with E-state index < -0.39 is 4.92 Å². The van der Waals surface area contributed by atoms with Crippen molar-refractivity contribution in [2.24, 2.45) is 0 Å². The van der Waals surface area contributed by atoms with Gasteiger partial charge in [-0.25, -0.2) is 0 Å². The SMILES string of the molecule is CNC(=O)c1ccc(N2CC=C(c3cccs3)CC2)c([N+](=O)[O-])c1. The molecule has 0 unspecified atom stereocenters.